The molecule has 1 aliphatic heterocycles. The molecule has 7 nitrogen and oxygen atoms in total. The zero-order chi connectivity index (χ0) is 24.6. The second kappa shape index (κ2) is 12.0. The van der Waals surface area contributed by atoms with Crippen molar-refractivity contribution in [2.75, 3.05) is 24.4 Å². The highest BCUT2D eigenvalue weighted by Crippen LogP contribution is 2.21. The SMILES string of the molecule is CCCCNC(=O)C1CCN(C(=O)c2ccc(NS(=O)(=O)c3ccc(CCC)cc3)cc2)CC1. The van der Waals surface area contributed by atoms with Gasteiger partial charge in [0.15, 0.2) is 0 Å². The molecule has 1 fully saturated rings. The average molecular weight is 486 g/mol. The van der Waals surface area contributed by atoms with Gasteiger partial charge >= 0.3 is 0 Å². The highest BCUT2D eigenvalue weighted by Gasteiger charge is 2.27. The zero-order valence-corrected chi connectivity index (χ0v) is 20.9. The summed E-state index contributed by atoms with van der Waals surface area (Å²) in [4.78, 5) is 27.1. The maximum Gasteiger partial charge on any atom is 0.261 e. The fourth-order valence-electron chi connectivity index (χ4n) is 4.08. The summed E-state index contributed by atoms with van der Waals surface area (Å²) >= 11 is 0. The monoisotopic (exact) mass is 485 g/mol. The molecule has 0 bridgehead atoms. The van der Waals surface area contributed by atoms with Crippen LogP contribution in [0.5, 0.6) is 0 Å². The van der Waals surface area contributed by atoms with Gasteiger partial charge in [0, 0.05) is 36.8 Å². The zero-order valence-electron chi connectivity index (χ0n) is 20.0. The van der Waals surface area contributed by atoms with Crippen LogP contribution in [-0.4, -0.2) is 44.8 Å². The van der Waals surface area contributed by atoms with Gasteiger partial charge in [0.25, 0.3) is 15.9 Å². The summed E-state index contributed by atoms with van der Waals surface area (Å²) in [6, 6.07) is 13.4. The molecule has 2 aromatic carbocycles. The second-order valence-electron chi connectivity index (χ2n) is 8.79. The van der Waals surface area contributed by atoms with E-state index in [0.717, 1.165) is 31.2 Å². The van der Waals surface area contributed by atoms with Gasteiger partial charge in [-0.05, 0) is 67.6 Å². The lowest BCUT2D eigenvalue weighted by atomic mass is 9.95. The van der Waals surface area contributed by atoms with Crippen molar-refractivity contribution in [3.8, 4) is 0 Å². The second-order valence-corrected chi connectivity index (χ2v) is 10.5. The Bertz CT molecular complexity index is 1060. The molecule has 0 aromatic heterocycles. The number of nitrogens with one attached hydrogen (secondary N) is 2. The third-order valence-corrected chi connectivity index (χ3v) is 7.54. The molecular weight excluding hydrogens is 450 g/mol. The number of nitrogens with zero attached hydrogens (tertiary/aromatic N) is 1. The van der Waals surface area contributed by atoms with E-state index in [1.807, 2.05) is 12.1 Å². The van der Waals surface area contributed by atoms with Gasteiger partial charge in [0.05, 0.1) is 4.90 Å². The van der Waals surface area contributed by atoms with Crippen molar-refractivity contribution in [1.82, 2.24) is 10.2 Å². The number of benzene rings is 2. The van der Waals surface area contributed by atoms with Crippen LogP contribution < -0.4 is 10.0 Å². The Kier molecular flexibility index (Phi) is 9.10. The van der Waals surface area contributed by atoms with Crippen molar-refractivity contribution in [1.29, 1.82) is 0 Å². The van der Waals surface area contributed by atoms with Gasteiger partial charge in [0.1, 0.15) is 0 Å². The van der Waals surface area contributed by atoms with Crippen LogP contribution in [0.25, 0.3) is 0 Å². The Morgan fingerprint density at radius 3 is 2.18 bits per heavy atom. The molecule has 3 rings (SSSR count). The predicted molar refractivity (Wildman–Crippen MR) is 134 cm³/mol. The molecule has 1 aliphatic rings. The summed E-state index contributed by atoms with van der Waals surface area (Å²) in [6.45, 7) is 5.94. The summed E-state index contributed by atoms with van der Waals surface area (Å²) < 4.78 is 27.9. The third kappa shape index (κ3) is 6.82. The maximum atomic E-state index is 12.9. The number of rotatable bonds is 10. The molecular formula is C26H35N3O4S. The van der Waals surface area contributed by atoms with E-state index < -0.39 is 10.0 Å². The van der Waals surface area contributed by atoms with Gasteiger partial charge in [-0.1, -0.05) is 38.8 Å². The van der Waals surface area contributed by atoms with Crippen LogP contribution in [0.2, 0.25) is 0 Å². The Hall–Kier alpha value is -2.87. The van der Waals surface area contributed by atoms with Gasteiger partial charge in [-0.15, -0.1) is 0 Å². The summed E-state index contributed by atoms with van der Waals surface area (Å²) in [6.07, 6.45) is 5.23. The first kappa shape index (κ1) is 25.7. The molecule has 1 heterocycles. The molecule has 34 heavy (non-hydrogen) atoms. The van der Waals surface area contributed by atoms with Crippen LogP contribution in [0.3, 0.4) is 0 Å². The minimum absolute atomic E-state index is 0.0475. The number of unbranched alkanes of at least 4 members (excludes halogenated alkanes) is 1. The smallest absolute Gasteiger partial charge is 0.261 e. The topological polar surface area (TPSA) is 95.6 Å². The van der Waals surface area contributed by atoms with Gasteiger partial charge in [-0.3, -0.25) is 14.3 Å². The van der Waals surface area contributed by atoms with Crippen molar-refractivity contribution >= 4 is 27.5 Å². The summed E-state index contributed by atoms with van der Waals surface area (Å²) in [5, 5.41) is 2.98. The van der Waals surface area contributed by atoms with Crippen molar-refractivity contribution in [3.05, 3.63) is 59.7 Å². The Morgan fingerprint density at radius 2 is 1.59 bits per heavy atom. The number of anilines is 1. The number of sulfonamides is 1. The van der Waals surface area contributed by atoms with Crippen LogP contribution in [0.1, 0.15) is 61.9 Å². The molecule has 2 N–H and O–H groups in total. The van der Waals surface area contributed by atoms with Crippen LogP contribution >= 0.6 is 0 Å². The number of carbonyl (C=O) groups is 2. The van der Waals surface area contributed by atoms with E-state index in [1.54, 1.807) is 41.3 Å². The van der Waals surface area contributed by atoms with Crippen molar-refractivity contribution < 1.29 is 18.0 Å². The average Bonchev–Trinajstić information content (AvgIpc) is 2.84. The Morgan fingerprint density at radius 1 is 0.941 bits per heavy atom. The van der Waals surface area contributed by atoms with Gasteiger partial charge in [-0.2, -0.15) is 0 Å². The number of amides is 2. The van der Waals surface area contributed by atoms with Gasteiger partial charge in [-0.25, -0.2) is 8.42 Å². The highest BCUT2D eigenvalue weighted by atomic mass is 32.2. The maximum absolute atomic E-state index is 12.9. The fourth-order valence-corrected chi connectivity index (χ4v) is 5.14. The molecule has 1 saturated heterocycles. The van der Waals surface area contributed by atoms with Crippen LogP contribution in [-0.2, 0) is 21.2 Å². The number of hydrogen-bond acceptors (Lipinski definition) is 4. The quantitative estimate of drug-likeness (QED) is 0.493. The fraction of sp³-hybridized carbons (Fsp3) is 0.462. The largest absolute Gasteiger partial charge is 0.356 e. The van der Waals surface area contributed by atoms with Crippen LogP contribution in [0.4, 0.5) is 5.69 Å². The minimum atomic E-state index is -3.70. The number of likely N-dealkylation sites (tertiary alicyclic amines) is 1. The molecule has 0 radical (unpaired) electrons. The molecule has 2 amide bonds. The number of aryl methyl sites for hydroxylation is 1. The number of piperidine rings is 1. The standard InChI is InChI=1S/C26H35N3O4S/c1-3-5-17-27-25(30)21-15-18-29(19-16-21)26(31)22-9-11-23(12-10-22)28-34(32,33)24-13-7-20(6-4-2)8-14-24/h7-14,21,28H,3-6,15-19H2,1-2H3,(H,27,30). The summed E-state index contributed by atoms with van der Waals surface area (Å²) in [5.74, 6) is -0.0725. The molecule has 0 aliphatic carbocycles. The Labute approximate surface area is 203 Å². The normalized spacial score (nSPS) is 14.6. The molecule has 184 valence electrons. The van der Waals surface area contributed by atoms with E-state index in [2.05, 4.69) is 23.9 Å². The Balaban J connectivity index is 1.55. The molecule has 8 heteroatoms. The molecule has 0 spiro atoms. The van der Waals surface area contributed by atoms with E-state index in [0.29, 0.717) is 43.7 Å². The third-order valence-electron chi connectivity index (χ3n) is 6.14. The number of carbonyl (C=O) groups excluding carboxylic acids is 2. The van der Waals surface area contributed by atoms with Crippen molar-refractivity contribution in [2.45, 2.75) is 57.3 Å². The van der Waals surface area contributed by atoms with Gasteiger partial charge < -0.3 is 10.2 Å². The van der Waals surface area contributed by atoms with Crippen molar-refractivity contribution in [2.24, 2.45) is 5.92 Å². The lowest BCUT2D eigenvalue weighted by molar-refractivity contribution is -0.126. The van der Waals surface area contributed by atoms with Crippen LogP contribution in [0.15, 0.2) is 53.4 Å². The van der Waals surface area contributed by atoms with E-state index in [1.165, 1.54) is 0 Å². The van der Waals surface area contributed by atoms with Crippen LogP contribution in [0, 0.1) is 5.92 Å². The lowest BCUT2D eigenvalue weighted by Crippen LogP contribution is -2.43. The van der Waals surface area contributed by atoms with E-state index in [-0.39, 0.29) is 22.6 Å². The highest BCUT2D eigenvalue weighted by molar-refractivity contribution is 7.92. The number of hydrogen-bond donors (Lipinski definition) is 2. The predicted octanol–water partition coefficient (Wildman–Crippen LogP) is 4.21. The molecule has 0 saturated carbocycles. The van der Waals surface area contributed by atoms with E-state index >= 15 is 0 Å². The van der Waals surface area contributed by atoms with E-state index in [4.69, 9.17) is 0 Å². The summed E-state index contributed by atoms with van der Waals surface area (Å²) in [7, 11) is -3.70. The van der Waals surface area contributed by atoms with Crippen molar-refractivity contribution in [3.63, 3.8) is 0 Å². The van der Waals surface area contributed by atoms with Gasteiger partial charge in [0.2, 0.25) is 5.91 Å². The molecule has 0 atom stereocenters. The first-order chi connectivity index (χ1) is 16.3. The first-order valence-corrected chi connectivity index (χ1v) is 13.6. The minimum Gasteiger partial charge on any atom is -0.356 e. The molecule has 2 aromatic rings. The van der Waals surface area contributed by atoms with E-state index in [9.17, 15) is 18.0 Å². The summed E-state index contributed by atoms with van der Waals surface area (Å²) in [5.41, 5.74) is 2.00. The molecule has 0 unspecified atom stereocenters. The first-order valence-electron chi connectivity index (χ1n) is 12.1. The lowest BCUT2D eigenvalue weighted by Gasteiger charge is -2.31.